The van der Waals surface area contributed by atoms with Gasteiger partial charge in [-0.05, 0) is 27.4 Å². The van der Waals surface area contributed by atoms with Gasteiger partial charge in [0.1, 0.15) is 0 Å². The lowest BCUT2D eigenvalue weighted by Gasteiger charge is -2.15. The zero-order valence-corrected chi connectivity index (χ0v) is 14.2. The number of aryl methyl sites for hydroxylation is 1. The summed E-state index contributed by atoms with van der Waals surface area (Å²) < 4.78 is 1.48. The van der Waals surface area contributed by atoms with E-state index in [1.807, 2.05) is 32.8 Å². The first-order chi connectivity index (χ1) is 9.85. The van der Waals surface area contributed by atoms with Crippen LogP contribution in [0.1, 0.15) is 19.5 Å². The van der Waals surface area contributed by atoms with E-state index in [2.05, 4.69) is 10.3 Å². The minimum atomic E-state index is -0.294. The summed E-state index contributed by atoms with van der Waals surface area (Å²) in [6.07, 6.45) is 0.701. The Kier molecular flexibility index (Phi) is 6.91. The molecule has 1 N–H and O–H groups in total. The molecule has 0 aromatic carbocycles. The van der Waals surface area contributed by atoms with Gasteiger partial charge < -0.3 is 10.2 Å². The lowest BCUT2D eigenvalue weighted by Crippen LogP contribution is -2.36. The largest absolute Gasteiger partial charge is 0.354 e. The van der Waals surface area contributed by atoms with Crippen LogP contribution in [-0.2, 0) is 18.3 Å². The van der Waals surface area contributed by atoms with E-state index in [1.165, 1.54) is 22.4 Å². The second kappa shape index (κ2) is 8.19. The maximum atomic E-state index is 12.0. The fourth-order valence-corrected chi connectivity index (χ4v) is 2.53. The lowest BCUT2D eigenvalue weighted by molar-refractivity contribution is -0.120. The quantitative estimate of drug-likeness (QED) is 0.587. The standard InChI is InChI=1S/C14H24N4O2S/c1-6-11-9-12(19)18(5)14(16-11)21-10(2)13(20)15-7-8-17(3)4/h9-10H,6-8H2,1-5H3,(H,15,20). The molecular weight excluding hydrogens is 288 g/mol. The van der Waals surface area contributed by atoms with Crippen LogP contribution in [0.2, 0.25) is 0 Å². The van der Waals surface area contributed by atoms with Crippen LogP contribution >= 0.6 is 11.8 Å². The first-order valence-electron chi connectivity index (χ1n) is 7.01. The molecule has 1 rings (SSSR count). The molecule has 118 valence electrons. The van der Waals surface area contributed by atoms with Crippen LogP contribution in [0.3, 0.4) is 0 Å². The van der Waals surface area contributed by atoms with Gasteiger partial charge in [0.25, 0.3) is 5.56 Å². The lowest BCUT2D eigenvalue weighted by atomic mass is 10.3. The van der Waals surface area contributed by atoms with E-state index < -0.39 is 0 Å². The minimum absolute atomic E-state index is 0.0435. The van der Waals surface area contributed by atoms with E-state index in [4.69, 9.17) is 0 Å². The molecule has 7 heteroatoms. The molecule has 0 radical (unpaired) electrons. The number of amides is 1. The zero-order valence-electron chi connectivity index (χ0n) is 13.3. The first kappa shape index (κ1) is 17.7. The Morgan fingerprint density at radius 2 is 2.19 bits per heavy atom. The number of likely N-dealkylation sites (N-methyl/N-ethyl adjacent to an activating group) is 1. The number of aromatic nitrogens is 2. The highest BCUT2D eigenvalue weighted by Gasteiger charge is 2.17. The van der Waals surface area contributed by atoms with E-state index in [-0.39, 0.29) is 16.7 Å². The molecule has 0 aliphatic carbocycles. The maximum Gasteiger partial charge on any atom is 0.254 e. The summed E-state index contributed by atoms with van der Waals surface area (Å²) in [6, 6.07) is 1.53. The van der Waals surface area contributed by atoms with E-state index in [0.29, 0.717) is 18.1 Å². The van der Waals surface area contributed by atoms with Crippen LogP contribution in [0.15, 0.2) is 16.0 Å². The number of thioether (sulfide) groups is 1. The normalized spacial score (nSPS) is 12.5. The summed E-state index contributed by atoms with van der Waals surface area (Å²) in [4.78, 5) is 30.3. The topological polar surface area (TPSA) is 67.2 Å². The van der Waals surface area contributed by atoms with Crippen LogP contribution < -0.4 is 10.9 Å². The molecule has 1 aromatic heterocycles. The first-order valence-corrected chi connectivity index (χ1v) is 7.89. The fraction of sp³-hybridized carbons (Fsp3) is 0.643. The second-order valence-corrected chi connectivity index (χ2v) is 6.44. The summed E-state index contributed by atoms with van der Waals surface area (Å²) >= 11 is 1.31. The Hall–Kier alpha value is -1.34. The number of carbonyl (C=O) groups is 1. The van der Waals surface area contributed by atoms with Crippen LogP contribution in [-0.4, -0.2) is 52.8 Å². The molecule has 0 fully saturated rings. The third-order valence-electron chi connectivity index (χ3n) is 3.02. The van der Waals surface area contributed by atoms with Gasteiger partial charge in [0.2, 0.25) is 5.91 Å². The highest BCUT2D eigenvalue weighted by atomic mass is 32.2. The van der Waals surface area contributed by atoms with Gasteiger partial charge in [0, 0.05) is 31.9 Å². The molecule has 21 heavy (non-hydrogen) atoms. The molecule has 1 amide bonds. The van der Waals surface area contributed by atoms with Crippen molar-refractivity contribution < 1.29 is 4.79 Å². The highest BCUT2D eigenvalue weighted by molar-refractivity contribution is 8.00. The molecule has 0 saturated carbocycles. The summed E-state index contributed by atoms with van der Waals surface area (Å²) in [5.41, 5.74) is 0.658. The smallest absolute Gasteiger partial charge is 0.254 e. The molecule has 0 bridgehead atoms. The van der Waals surface area contributed by atoms with Gasteiger partial charge >= 0.3 is 0 Å². The van der Waals surface area contributed by atoms with Gasteiger partial charge in [0.15, 0.2) is 5.16 Å². The van der Waals surface area contributed by atoms with Crippen molar-refractivity contribution in [3.05, 3.63) is 22.1 Å². The van der Waals surface area contributed by atoms with Gasteiger partial charge in [-0.1, -0.05) is 18.7 Å². The Balaban J connectivity index is 2.70. The molecule has 0 aliphatic heterocycles. The van der Waals surface area contributed by atoms with Gasteiger partial charge in [-0.25, -0.2) is 4.98 Å². The average Bonchev–Trinajstić information content (AvgIpc) is 2.42. The van der Waals surface area contributed by atoms with Crippen molar-refractivity contribution in [1.29, 1.82) is 0 Å². The second-order valence-electron chi connectivity index (χ2n) is 5.14. The van der Waals surface area contributed by atoms with E-state index >= 15 is 0 Å². The molecule has 0 spiro atoms. The number of rotatable bonds is 7. The van der Waals surface area contributed by atoms with Crippen molar-refractivity contribution in [3.8, 4) is 0 Å². The number of hydrogen-bond donors (Lipinski definition) is 1. The minimum Gasteiger partial charge on any atom is -0.354 e. The molecule has 1 aromatic rings. The number of nitrogens with zero attached hydrogens (tertiary/aromatic N) is 3. The number of hydrogen-bond acceptors (Lipinski definition) is 5. The third kappa shape index (κ3) is 5.51. The molecule has 0 aliphatic rings. The van der Waals surface area contributed by atoms with Crippen molar-refractivity contribution in [3.63, 3.8) is 0 Å². The predicted octanol–water partition coefficient (Wildman–Crippen LogP) is 0.501. The summed E-state index contributed by atoms with van der Waals surface area (Å²) in [5.74, 6) is -0.0435. The number of carbonyl (C=O) groups excluding carboxylic acids is 1. The molecule has 1 heterocycles. The van der Waals surface area contributed by atoms with Gasteiger partial charge in [-0.2, -0.15) is 0 Å². The summed E-state index contributed by atoms with van der Waals surface area (Å²) in [5, 5.41) is 3.16. The van der Waals surface area contributed by atoms with Crippen molar-refractivity contribution in [2.75, 3.05) is 27.2 Å². The van der Waals surface area contributed by atoms with E-state index in [9.17, 15) is 9.59 Å². The Bertz CT molecular complexity index is 542. The fourth-order valence-electron chi connectivity index (χ4n) is 1.61. The van der Waals surface area contributed by atoms with Gasteiger partial charge in [0.05, 0.1) is 5.25 Å². The van der Waals surface area contributed by atoms with E-state index in [0.717, 1.165) is 12.2 Å². The predicted molar refractivity (Wildman–Crippen MR) is 85.7 cm³/mol. The molecule has 6 nitrogen and oxygen atoms in total. The molecule has 1 atom stereocenters. The summed E-state index contributed by atoms with van der Waals surface area (Å²) in [7, 11) is 5.59. The Morgan fingerprint density at radius 3 is 2.76 bits per heavy atom. The monoisotopic (exact) mass is 312 g/mol. The third-order valence-corrected chi connectivity index (χ3v) is 4.16. The zero-order chi connectivity index (χ0) is 16.0. The molecular formula is C14H24N4O2S. The molecule has 1 unspecified atom stereocenters. The highest BCUT2D eigenvalue weighted by Crippen LogP contribution is 2.20. The van der Waals surface area contributed by atoms with Crippen LogP contribution in [0, 0.1) is 0 Å². The van der Waals surface area contributed by atoms with Gasteiger partial charge in [-0.3, -0.25) is 14.2 Å². The van der Waals surface area contributed by atoms with Crippen LogP contribution in [0.5, 0.6) is 0 Å². The van der Waals surface area contributed by atoms with Crippen molar-refractivity contribution >= 4 is 17.7 Å². The van der Waals surface area contributed by atoms with Crippen molar-refractivity contribution in [2.24, 2.45) is 7.05 Å². The Labute approximate surface area is 129 Å². The van der Waals surface area contributed by atoms with Crippen molar-refractivity contribution in [1.82, 2.24) is 19.8 Å². The van der Waals surface area contributed by atoms with Gasteiger partial charge in [-0.15, -0.1) is 0 Å². The molecule has 0 saturated heterocycles. The maximum absolute atomic E-state index is 12.0. The van der Waals surface area contributed by atoms with Crippen LogP contribution in [0.4, 0.5) is 0 Å². The average molecular weight is 312 g/mol. The van der Waals surface area contributed by atoms with Crippen LogP contribution in [0.25, 0.3) is 0 Å². The SMILES string of the molecule is CCc1cc(=O)n(C)c(SC(C)C(=O)NCCN(C)C)n1. The van der Waals surface area contributed by atoms with Crippen molar-refractivity contribution in [2.45, 2.75) is 30.7 Å². The number of nitrogens with one attached hydrogen (secondary N) is 1. The summed E-state index contributed by atoms with van der Waals surface area (Å²) in [6.45, 7) is 5.18. The van der Waals surface area contributed by atoms with E-state index in [1.54, 1.807) is 7.05 Å². The Morgan fingerprint density at radius 1 is 1.52 bits per heavy atom.